The predicted octanol–water partition coefficient (Wildman–Crippen LogP) is 4.24. The maximum atomic E-state index is 4.76. The lowest BCUT2D eigenvalue weighted by Crippen LogP contribution is -2.12. The van der Waals surface area contributed by atoms with Gasteiger partial charge in [0.1, 0.15) is 0 Å². The number of hydrogen-bond acceptors (Lipinski definition) is 2. The van der Waals surface area contributed by atoms with E-state index in [1.807, 2.05) is 12.3 Å². The lowest BCUT2D eigenvalue weighted by Gasteiger charge is -2.16. The summed E-state index contributed by atoms with van der Waals surface area (Å²) in [6, 6.07) is 14.8. The van der Waals surface area contributed by atoms with Crippen LogP contribution in [0.2, 0.25) is 0 Å². The topological polar surface area (TPSA) is 30.2 Å². The Bertz CT molecular complexity index is 901. The van der Waals surface area contributed by atoms with Crippen molar-refractivity contribution in [2.24, 2.45) is 12.0 Å². The minimum Gasteiger partial charge on any atom is -0.344 e. The summed E-state index contributed by atoms with van der Waals surface area (Å²) in [6.45, 7) is 0.899. The van der Waals surface area contributed by atoms with E-state index in [9.17, 15) is 0 Å². The monoisotopic (exact) mass is 301 g/mol. The molecule has 1 aliphatic rings. The van der Waals surface area contributed by atoms with Gasteiger partial charge < -0.3 is 4.57 Å². The molecule has 3 heteroatoms. The van der Waals surface area contributed by atoms with Crippen molar-refractivity contribution < 1.29 is 0 Å². The van der Waals surface area contributed by atoms with Crippen molar-refractivity contribution >= 4 is 22.7 Å². The molecule has 0 amide bonds. The average Bonchev–Trinajstić information content (AvgIpc) is 2.92. The maximum Gasteiger partial charge on any atom is 0.0694 e. The van der Waals surface area contributed by atoms with E-state index >= 15 is 0 Å². The Morgan fingerprint density at radius 3 is 2.87 bits per heavy atom. The number of aliphatic imine (C=N–C) groups is 1. The first-order chi connectivity index (χ1) is 11.3. The van der Waals surface area contributed by atoms with Crippen LogP contribution in [0, 0.1) is 0 Å². The molecule has 0 N–H and O–H groups in total. The van der Waals surface area contributed by atoms with Crippen molar-refractivity contribution in [2.75, 3.05) is 6.54 Å². The normalized spacial score (nSPS) is 16.7. The molecule has 0 saturated heterocycles. The van der Waals surface area contributed by atoms with Crippen LogP contribution in [0.15, 0.2) is 65.4 Å². The summed E-state index contributed by atoms with van der Waals surface area (Å²) in [4.78, 5) is 9.00. The minimum atomic E-state index is 0.899. The second kappa shape index (κ2) is 5.84. The number of nitrogens with zero attached hydrogens (tertiary/aromatic N) is 3. The molecule has 0 fully saturated rings. The van der Waals surface area contributed by atoms with Gasteiger partial charge >= 0.3 is 0 Å². The molecule has 3 nitrogen and oxygen atoms in total. The molecule has 0 saturated carbocycles. The van der Waals surface area contributed by atoms with Crippen LogP contribution in [0.5, 0.6) is 0 Å². The van der Waals surface area contributed by atoms with Crippen molar-refractivity contribution in [3.05, 3.63) is 71.7 Å². The summed E-state index contributed by atoms with van der Waals surface area (Å²) in [5.74, 6) is 0. The van der Waals surface area contributed by atoms with Gasteiger partial charge in [0.15, 0.2) is 0 Å². The molecule has 3 heterocycles. The molecule has 4 rings (SSSR count). The first-order valence-corrected chi connectivity index (χ1v) is 8.03. The number of rotatable bonds is 2. The van der Waals surface area contributed by atoms with Crippen LogP contribution in [-0.2, 0) is 7.05 Å². The molecule has 2 aromatic heterocycles. The Hall–Kier alpha value is -2.68. The fourth-order valence-corrected chi connectivity index (χ4v) is 3.23. The number of benzene rings is 1. The van der Waals surface area contributed by atoms with Crippen molar-refractivity contribution in [2.45, 2.75) is 12.8 Å². The number of aromatic nitrogens is 2. The minimum absolute atomic E-state index is 0.899. The fourth-order valence-electron chi connectivity index (χ4n) is 3.23. The van der Waals surface area contributed by atoms with E-state index in [-0.39, 0.29) is 0 Å². The molecule has 23 heavy (non-hydrogen) atoms. The average molecular weight is 301 g/mol. The van der Waals surface area contributed by atoms with Crippen molar-refractivity contribution in [1.29, 1.82) is 0 Å². The fraction of sp³-hybridized carbons (Fsp3) is 0.200. The van der Waals surface area contributed by atoms with E-state index in [4.69, 9.17) is 4.99 Å². The van der Waals surface area contributed by atoms with Crippen LogP contribution in [0.4, 0.5) is 0 Å². The number of pyridine rings is 1. The smallest absolute Gasteiger partial charge is 0.0694 e. The first-order valence-electron chi connectivity index (χ1n) is 8.03. The number of fused-ring (bicyclic) bond motifs is 1. The second-order valence-electron chi connectivity index (χ2n) is 5.93. The van der Waals surface area contributed by atoms with Crippen LogP contribution in [0.1, 0.15) is 24.1 Å². The molecule has 0 aliphatic carbocycles. The van der Waals surface area contributed by atoms with Gasteiger partial charge in [0, 0.05) is 48.1 Å². The number of aryl methyl sites for hydroxylation is 1. The quantitative estimate of drug-likeness (QED) is 0.696. The van der Waals surface area contributed by atoms with E-state index in [0.29, 0.717) is 0 Å². The molecule has 114 valence electrons. The number of hydrogen-bond donors (Lipinski definition) is 0. The summed E-state index contributed by atoms with van der Waals surface area (Å²) in [5, 5.41) is 1.28. The lowest BCUT2D eigenvalue weighted by molar-refractivity contribution is 0.817. The van der Waals surface area contributed by atoms with Gasteiger partial charge in [-0.3, -0.25) is 9.98 Å². The molecule has 3 aromatic rings. The molecule has 1 aromatic carbocycles. The van der Waals surface area contributed by atoms with E-state index in [1.54, 1.807) is 6.20 Å². The molecule has 0 spiro atoms. The summed E-state index contributed by atoms with van der Waals surface area (Å²) in [6.07, 6.45) is 8.17. The first kappa shape index (κ1) is 13.9. The Balaban J connectivity index is 1.80. The highest BCUT2D eigenvalue weighted by Gasteiger charge is 2.15. The highest BCUT2D eigenvalue weighted by atomic mass is 14.9. The third kappa shape index (κ3) is 2.59. The Labute approximate surface area is 136 Å². The SMILES string of the molecule is Cn1c(C=C2CCCN=C2c2cccnc2)cc2ccccc21. The third-order valence-electron chi connectivity index (χ3n) is 4.42. The molecule has 0 atom stereocenters. The summed E-state index contributed by atoms with van der Waals surface area (Å²) >= 11 is 0. The summed E-state index contributed by atoms with van der Waals surface area (Å²) in [7, 11) is 2.12. The van der Waals surface area contributed by atoms with Crippen LogP contribution < -0.4 is 0 Å². The van der Waals surface area contributed by atoms with E-state index in [2.05, 4.69) is 59.1 Å². The zero-order valence-electron chi connectivity index (χ0n) is 13.2. The van der Waals surface area contributed by atoms with Crippen LogP contribution >= 0.6 is 0 Å². The summed E-state index contributed by atoms with van der Waals surface area (Å²) in [5.41, 5.74) is 5.98. The van der Waals surface area contributed by atoms with E-state index < -0.39 is 0 Å². The van der Waals surface area contributed by atoms with Crippen LogP contribution in [0.3, 0.4) is 0 Å². The van der Waals surface area contributed by atoms with Gasteiger partial charge in [0.25, 0.3) is 0 Å². The van der Waals surface area contributed by atoms with Crippen LogP contribution in [0.25, 0.3) is 17.0 Å². The Kier molecular flexibility index (Phi) is 3.54. The highest BCUT2D eigenvalue weighted by Crippen LogP contribution is 2.25. The van der Waals surface area contributed by atoms with E-state index in [1.165, 1.54) is 22.2 Å². The zero-order valence-corrected chi connectivity index (χ0v) is 13.2. The van der Waals surface area contributed by atoms with Gasteiger partial charge in [-0.15, -0.1) is 0 Å². The highest BCUT2D eigenvalue weighted by molar-refractivity contribution is 6.15. The van der Waals surface area contributed by atoms with Crippen molar-refractivity contribution in [1.82, 2.24) is 9.55 Å². The van der Waals surface area contributed by atoms with Gasteiger partial charge in [0.2, 0.25) is 0 Å². The summed E-state index contributed by atoms with van der Waals surface area (Å²) < 4.78 is 2.25. The number of para-hydroxylation sites is 1. The molecular formula is C20H19N3. The maximum absolute atomic E-state index is 4.76. The van der Waals surface area contributed by atoms with Crippen molar-refractivity contribution in [3.63, 3.8) is 0 Å². The van der Waals surface area contributed by atoms with Gasteiger partial charge in [-0.1, -0.05) is 18.2 Å². The molecular weight excluding hydrogens is 282 g/mol. The zero-order chi connectivity index (χ0) is 15.6. The van der Waals surface area contributed by atoms with Crippen molar-refractivity contribution in [3.8, 4) is 0 Å². The van der Waals surface area contributed by atoms with E-state index in [0.717, 1.165) is 30.7 Å². The lowest BCUT2D eigenvalue weighted by atomic mass is 9.96. The molecule has 0 radical (unpaired) electrons. The van der Waals surface area contributed by atoms with Gasteiger partial charge in [0.05, 0.1) is 5.71 Å². The van der Waals surface area contributed by atoms with Gasteiger partial charge in [-0.25, -0.2) is 0 Å². The largest absolute Gasteiger partial charge is 0.344 e. The van der Waals surface area contributed by atoms with Gasteiger partial charge in [-0.05, 0) is 48.8 Å². The Morgan fingerprint density at radius 1 is 1.13 bits per heavy atom. The molecule has 0 unspecified atom stereocenters. The van der Waals surface area contributed by atoms with Crippen LogP contribution in [-0.4, -0.2) is 21.8 Å². The Morgan fingerprint density at radius 2 is 2.04 bits per heavy atom. The standard InChI is InChI=1S/C20H19N3/c1-23-18(12-15-6-2-3-9-19(15)23)13-16-7-5-11-22-20(16)17-8-4-10-21-14-17/h2-4,6,8-10,12-14H,5,7,11H2,1H3. The molecule has 0 bridgehead atoms. The predicted molar refractivity (Wildman–Crippen MR) is 95.8 cm³/mol. The molecule has 1 aliphatic heterocycles. The second-order valence-corrected chi connectivity index (χ2v) is 5.93. The van der Waals surface area contributed by atoms with Gasteiger partial charge in [-0.2, -0.15) is 0 Å². The number of allylic oxidation sites excluding steroid dienone is 1. The third-order valence-corrected chi connectivity index (χ3v) is 4.42.